The number of benzene rings is 1. The number of furan rings is 1. The first-order valence-corrected chi connectivity index (χ1v) is 8.27. The lowest BCUT2D eigenvalue weighted by molar-refractivity contribution is 0.145. The lowest BCUT2D eigenvalue weighted by Gasteiger charge is -2.10. The zero-order valence-corrected chi connectivity index (χ0v) is 13.5. The Hall–Kier alpha value is -2.14. The summed E-state index contributed by atoms with van der Waals surface area (Å²) in [5.74, 6) is 3.14. The van der Waals surface area contributed by atoms with Gasteiger partial charge >= 0.3 is 0 Å². The number of aryl methyl sites for hydroxylation is 1. The highest BCUT2D eigenvalue weighted by Gasteiger charge is 2.29. The third-order valence-corrected chi connectivity index (χ3v) is 4.38. The predicted octanol–water partition coefficient (Wildman–Crippen LogP) is 3.65. The molecule has 0 bridgehead atoms. The van der Waals surface area contributed by atoms with E-state index in [4.69, 9.17) is 9.40 Å². The van der Waals surface area contributed by atoms with E-state index >= 15 is 0 Å². The molecular formula is C18H21N3O2. The number of aliphatic hydroxyl groups is 1. The molecule has 1 saturated carbocycles. The molecule has 0 saturated heterocycles. The molecule has 3 aromatic rings. The Kier molecular flexibility index (Phi) is 3.45. The first kappa shape index (κ1) is 14.5. The van der Waals surface area contributed by atoms with Crippen molar-refractivity contribution < 1.29 is 9.52 Å². The summed E-state index contributed by atoms with van der Waals surface area (Å²) < 4.78 is 7.50. The van der Waals surface area contributed by atoms with E-state index in [-0.39, 0.29) is 0 Å². The van der Waals surface area contributed by atoms with Crippen molar-refractivity contribution in [2.24, 2.45) is 0 Å². The maximum Gasteiger partial charge on any atom is 0.158 e. The largest absolute Gasteiger partial charge is 0.461 e. The molecule has 5 heteroatoms. The number of rotatable bonds is 5. The fourth-order valence-corrected chi connectivity index (χ4v) is 2.86. The summed E-state index contributed by atoms with van der Waals surface area (Å²) in [5, 5.41) is 15.7. The summed E-state index contributed by atoms with van der Waals surface area (Å²) in [6, 6.07) is 8.11. The van der Waals surface area contributed by atoms with Crippen LogP contribution >= 0.6 is 0 Å². The number of nitrogens with zero attached hydrogens (tertiary/aromatic N) is 3. The molecule has 0 radical (unpaired) electrons. The van der Waals surface area contributed by atoms with Gasteiger partial charge in [0.25, 0.3) is 0 Å². The Bertz CT molecular complexity index is 845. The highest BCUT2D eigenvalue weighted by Crippen LogP contribution is 2.39. The van der Waals surface area contributed by atoms with Gasteiger partial charge in [-0.05, 0) is 50.5 Å². The monoisotopic (exact) mass is 311 g/mol. The van der Waals surface area contributed by atoms with E-state index in [2.05, 4.69) is 11.2 Å². The highest BCUT2D eigenvalue weighted by molar-refractivity contribution is 5.82. The Balaban J connectivity index is 1.77. The van der Waals surface area contributed by atoms with Crippen molar-refractivity contribution in [3.63, 3.8) is 0 Å². The van der Waals surface area contributed by atoms with Crippen molar-refractivity contribution in [2.75, 3.05) is 0 Å². The van der Waals surface area contributed by atoms with Crippen molar-refractivity contribution in [1.29, 1.82) is 0 Å². The maximum absolute atomic E-state index is 10.0. The van der Waals surface area contributed by atoms with Crippen LogP contribution in [0.4, 0.5) is 0 Å². The van der Waals surface area contributed by atoms with Crippen molar-refractivity contribution in [3.05, 3.63) is 35.9 Å². The van der Waals surface area contributed by atoms with Gasteiger partial charge in [-0.3, -0.25) is 0 Å². The Labute approximate surface area is 134 Å². The van der Waals surface area contributed by atoms with Crippen LogP contribution in [0.2, 0.25) is 0 Å². The van der Waals surface area contributed by atoms with Gasteiger partial charge in [-0.1, -0.05) is 6.92 Å². The third kappa shape index (κ3) is 2.77. The second-order valence-corrected chi connectivity index (χ2v) is 6.42. The molecule has 1 aliphatic carbocycles. The summed E-state index contributed by atoms with van der Waals surface area (Å²) in [4.78, 5) is 4.75. The topological polar surface area (TPSA) is 64.1 Å². The van der Waals surface area contributed by atoms with Crippen LogP contribution < -0.4 is 0 Å². The minimum Gasteiger partial charge on any atom is -0.461 e. The van der Waals surface area contributed by atoms with E-state index in [1.54, 1.807) is 0 Å². The van der Waals surface area contributed by atoms with Crippen LogP contribution in [-0.4, -0.2) is 26.0 Å². The average Bonchev–Trinajstić information content (AvgIpc) is 3.20. The highest BCUT2D eigenvalue weighted by atomic mass is 16.3. The summed E-state index contributed by atoms with van der Waals surface area (Å²) in [7, 11) is 0. The molecule has 1 unspecified atom stereocenters. The van der Waals surface area contributed by atoms with Gasteiger partial charge in [0.05, 0.1) is 12.6 Å². The smallest absolute Gasteiger partial charge is 0.158 e. The first-order valence-electron chi connectivity index (χ1n) is 8.27. The molecule has 0 spiro atoms. The van der Waals surface area contributed by atoms with E-state index < -0.39 is 6.10 Å². The van der Waals surface area contributed by atoms with Crippen LogP contribution in [0, 0.1) is 6.92 Å². The maximum atomic E-state index is 10.0. The molecule has 23 heavy (non-hydrogen) atoms. The molecule has 1 fully saturated rings. The molecule has 4 rings (SSSR count). The number of aliphatic hydroxyl groups excluding tert-OH is 1. The number of hydrogen-bond acceptors (Lipinski definition) is 4. The molecule has 0 amide bonds. The lowest BCUT2D eigenvalue weighted by atomic mass is 10.1. The molecule has 2 aromatic heterocycles. The lowest BCUT2D eigenvalue weighted by Crippen LogP contribution is -2.16. The van der Waals surface area contributed by atoms with Gasteiger partial charge in [0.1, 0.15) is 11.3 Å². The van der Waals surface area contributed by atoms with Gasteiger partial charge in [0, 0.05) is 16.9 Å². The molecule has 2 heterocycles. The Morgan fingerprint density at radius 1 is 1.35 bits per heavy atom. The summed E-state index contributed by atoms with van der Waals surface area (Å²) in [5.41, 5.74) is 1.90. The number of fused-ring (bicyclic) bond motifs is 1. The van der Waals surface area contributed by atoms with Crippen molar-refractivity contribution in [1.82, 2.24) is 14.8 Å². The standard InChI is InChI=1S/C18H21N3O2/c1-3-15(22)10-21-18(19-17(20-21)12-4-5-12)13-6-7-16-14(9-13)8-11(2)23-16/h6-9,12,15,22H,3-5,10H2,1-2H3. The van der Waals surface area contributed by atoms with E-state index in [0.29, 0.717) is 18.9 Å². The fraction of sp³-hybridized carbons (Fsp3) is 0.444. The van der Waals surface area contributed by atoms with E-state index in [0.717, 1.165) is 33.9 Å². The summed E-state index contributed by atoms with van der Waals surface area (Å²) in [6.45, 7) is 4.41. The van der Waals surface area contributed by atoms with Gasteiger partial charge < -0.3 is 9.52 Å². The minimum atomic E-state index is -0.401. The molecule has 0 aliphatic heterocycles. The van der Waals surface area contributed by atoms with Crippen molar-refractivity contribution >= 4 is 11.0 Å². The Morgan fingerprint density at radius 2 is 2.17 bits per heavy atom. The minimum absolute atomic E-state index is 0.401. The Morgan fingerprint density at radius 3 is 2.91 bits per heavy atom. The predicted molar refractivity (Wildman–Crippen MR) is 88.2 cm³/mol. The van der Waals surface area contributed by atoms with E-state index in [9.17, 15) is 5.11 Å². The zero-order chi connectivity index (χ0) is 16.0. The quantitative estimate of drug-likeness (QED) is 0.781. The van der Waals surface area contributed by atoms with Crippen LogP contribution in [0.1, 0.15) is 43.7 Å². The number of hydrogen-bond donors (Lipinski definition) is 1. The molecule has 1 atom stereocenters. The molecule has 1 aromatic carbocycles. The van der Waals surface area contributed by atoms with Crippen LogP contribution in [0.15, 0.2) is 28.7 Å². The van der Waals surface area contributed by atoms with Crippen LogP contribution in [0.5, 0.6) is 0 Å². The van der Waals surface area contributed by atoms with Gasteiger partial charge in [-0.2, -0.15) is 5.10 Å². The molecule has 1 aliphatic rings. The average molecular weight is 311 g/mol. The fourth-order valence-electron chi connectivity index (χ4n) is 2.86. The van der Waals surface area contributed by atoms with Crippen LogP contribution in [0.25, 0.3) is 22.4 Å². The third-order valence-electron chi connectivity index (χ3n) is 4.38. The van der Waals surface area contributed by atoms with Gasteiger partial charge in [-0.25, -0.2) is 9.67 Å². The van der Waals surface area contributed by atoms with Gasteiger partial charge in [0.15, 0.2) is 11.6 Å². The zero-order valence-electron chi connectivity index (χ0n) is 13.5. The molecular weight excluding hydrogens is 290 g/mol. The van der Waals surface area contributed by atoms with E-state index in [1.165, 1.54) is 12.8 Å². The first-order chi connectivity index (χ1) is 11.1. The molecule has 1 N–H and O–H groups in total. The van der Waals surface area contributed by atoms with Crippen molar-refractivity contribution in [2.45, 2.75) is 51.7 Å². The number of aromatic nitrogens is 3. The summed E-state index contributed by atoms with van der Waals surface area (Å²) >= 11 is 0. The normalized spacial score (nSPS) is 16.1. The van der Waals surface area contributed by atoms with Crippen LogP contribution in [0.3, 0.4) is 0 Å². The molecule has 5 nitrogen and oxygen atoms in total. The van der Waals surface area contributed by atoms with Crippen molar-refractivity contribution in [3.8, 4) is 11.4 Å². The molecule has 120 valence electrons. The van der Waals surface area contributed by atoms with Crippen LogP contribution in [-0.2, 0) is 6.54 Å². The summed E-state index contributed by atoms with van der Waals surface area (Å²) in [6.07, 6.45) is 2.64. The SMILES string of the molecule is CCC(O)Cn1nc(C2CC2)nc1-c1ccc2oc(C)cc2c1. The second-order valence-electron chi connectivity index (χ2n) is 6.42. The van der Waals surface area contributed by atoms with Gasteiger partial charge in [-0.15, -0.1) is 0 Å². The van der Waals surface area contributed by atoms with E-state index in [1.807, 2.05) is 36.7 Å². The second kappa shape index (κ2) is 5.49. The van der Waals surface area contributed by atoms with Gasteiger partial charge in [0.2, 0.25) is 0 Å².